The molecule has 1 aromatic rings. The molecular weight excluding hydrogens is 246 g/mol. The molecule has 0 saturated heterocycles. The lowest BCUT2D eigenvalue weighted by Crippen LogP contribution is -2.27. The minimum atomic E-state index is -1.03. The summed E-state index contributed by atoms with van der Waals surface area (Å²) in [5.74, 6) is -0.222. The molecule has 2 atom stereocenters. The standard InChI is InChI=1S/C14H19NO4/c1-9(16)11-3-5-12(6-4-11)14(19)13(18)7-8-15-10(2)17/h3-6,13-14,18-19H,7-8H2,1-2H3,(H,15,17). The van der Waals surface area contributed by atoms with Crippen molar-refractivity contribution in [2.75, 3.05) is 6.54 Å². The molecule has 3 N–H and O–H groups in total. The Hall–Kier alpha value is -1.72. The first-order chi connectivity index (χ1) is 8.91. The van der Waals surface area contributed by atoms with Gasteiger partial charge in [0.25, 0.3) is 0 Å². The SMILES string of the molecule is CC(=O)NCCC(O)C(O)c1ccc(C(C)=O)cc1. The minimum Gasteiger partial charge on any atom is -0.390 e. The molecule has 0 saturated carbocycles. The predicted molar refractivity (Wildman–Crippen MR) is 70.7 cm³/mol. The van der Waals surface area contributed by atoms with E-state index in [1.54, 1.807) is 24.3 Å². The Kier molecular flexibility index (Phi) is 5.66. The monoisotopic (exact) mass is 265 g/mol. The van der Waals surface area contributed by atoms with E-state index < -0.39 is 12.2 Å². The van der Waals surface area contributed by atoms with Gasteiger partial charge in [0.1, 0.15) is 6.10 Å². The third-order valence-electron chi connectivity index (χ3n) is 2.84. The van der Waals surface area contributed by atoms with Crippen LogP contribution in [0.2, 0.25) is 0 Å². The molecule has 1 aromatic carbocycles. The predicted octanol–water partition coefficient (Wildman–Crippen LogP) is 0.810. The van der Waals surface area contributed by atoms with Gasteiger partial charge in [-0.2, -0.15) is 0 Å². The number of aliphatic hydroxyl groups excluding tert-OH is 2. The molecule has 2 unspecified atom stereocenters. The van der Waals surface area contributed by atoms with E-state index in [1.807, 2.05) is 0 Å². The summed E-state index contributed by atoms with van der Waals surface area (Å²) in [7, 11) is 0. The van der Waals surface area contributed by atoms with Gasteiger partial charge in [-0.05, 0) is 18.9 Å². The van der Waals surface area contributed by atoms with Crippen molar-refractivity contribution in [3.63, 3.8) is 0 Å². The third-order valence-corrected chi connectivity index (χ3v) is 2.84. The summed E-state index contributed by atoms with van der Waals surface area (Å²) in [5, 5.41) is 22.3. The van der Waals surface area contributed by atoms with Crippen LogP contribution in [0.15, 0.2) is 24.3 Å². The van der Waals surface area contributed by atoms with Crippen molar-refractivity contribution in [1.82, 2.24) is 5.32 Å². The summed E-state index contributed by atoms with van der Waals surface area (Å²) in [6.07, 6.45) is -1.74. The fourth-order valence-corrected chi connectivity index (χ4v) is 1.69. The van der Waals surface area contributed by atoms with Crippen LogP contribution >= 0.6 is 0 Å². The van der Waals surface area contributed by atoms with Crippen LogP contribution in [-0.2, 0) is 4.79 Å². The van der Waals surface area contributed by atoms with Gasteiger partial charge in [-0.3, -0.25) is 9.59 Å². The Morgan fingerprint density at radius 2 is 1.74 bits per heavy atom. The smallest absolute Gasteiger partial charge is 0.216 e. The first-order valence-electron chi connectivity index (χ1n) is 6.13. The second-order valence-electron chi connectivity index (χ2n) is 4.46. The van der Waals surface area contributed by atoms with E-state index in [1.165, 1.54) is 13.8 Å². The summed E-state index contributed by atoms with van der Waals surface area (Å²) in [6, 6.07) is 6.45. The number of hydrogen-bond donors (Lipinski definition) is 3. The van der Waals surface area contributed by atoms with E-state index in [4.69, 9.17) is 0 Å². The lowest BCUT2D eigenvalue weighted by molar-refractivity contribution is -0.119. The van der Waals surface area contributed by atoms with Gasteiger partial charge in [0, 0.05) is 19.0 Å². The molecular formula is C14H19NO4. The molecule has 0 radical (unpaired) electrons. The van der Waals surface area contributed by atoms with E-state index in [9.17, 15) is 19.8 Å². The van der Waals surface area contributed by atoms with Crippen LogP contribution in [-0.4, -0.2) is 34.6 Å². The maximum atomic E-state index is 11.1. The molecule has 0 fully saturated rings. The average molecular weight is 265 g/mol. The van der Waals surface area contributed by atoms with Crippen molar-refractivity contribution in [3.8, 4) is 0 Å². The Bertz CT molecular complexity index is 441. The highest BCUT2D eigenvalue weighted by atomic mass is 16.3. The van der Waals surface area contributed by atoms with Crippen LogP contribution in [0.1, 0.15) is 42.3 Å². The fraction of sp³-hybridized carbons (Fsp3) is 0.429. The van der Waals surface area contributed by atoms with Crippen LogP contribution in [0.25, 0.3) is 0 Å². The molecule has 0 aliphatic heterocycles. The van der Waals surface area contributed by atoms with E-state index in [0.29, 0.717) is 17.7 Å². The number of amides is 1. The summed E-state index contributed by atoms with van der Waals surface area (Å²) < 4.78 is 0. The first-order valence-corrected chi connectivity index (χ1v) is 6.13. The number of rotatable bonds is 6. The fourth-order valence-electron chi connectivity index (χ4n) is 1.69. The summed E-state index contributed by atoms with van der Waals surface area (Å²) in [4.78, 5) is 21.8. The average Bonchev–Trinajstić information content (AvgIpc) is 2.37. The summed E-state index contributed by atoms with van der Waals surface area (Å²) in [6.45, 7) is 3.16. The molecule has 104 valence electrons. The van der Waals surface area contributed by atoms with Gasteiger partial charge in [-0.25, -0.2) is 0 Å². The Labute approximate surface area is 112 Å². The maximum Gasteiger partial charge on any atom is 0.216 e. The number of carbonyl (C=O) groups is 2. The van der Waals surface area contributed by atoms with E-state index in [-0.39, 0.29) is 18.1 Å². The van der Waals surface area contributed by atoms with Gasteiger partial charge in [0.15, 0.2) is 5.78 Å². The molecule has 0 spiro atoms. The van der Waals surface area contributed by atoms with Crippen molar-refractivity contribution in [2.45, 2.75) is 32.5 Å². The zero-order chi connectivity index (χ0) is 14.4. The quantitative estimate of drug-likeness (QED) is 0.664. The van der Waals surface area contributed by atoms with Gasteiger partial charge >= 0.3 is 0 Å². The lowest BCUT2D eigenvalue weighted by Gasteiger charge is -2.18. The van der Waals surface area contributed by atoms with Gasteiger partial charge in [0.05, 0.1) is 6.10 Å². The number of hydrogen-bond acceptors (Lipinski definition) is 4. The summed E-state index contributed by atoms with van der Waals surface area (Å²) in [5.41, 5.74) is 1.10. The van der Waals surface area contributed by atoms with Crippen molar-refractivity contribution in [2.24, 2.45) is 0 Å². The van der Waals surface area contributed by atoms with Crippen molar-refractivity contribution < 1.29 is 19.8 Å². The molecule has 5 nitrogen and oxygen atoms in total. The van der Waals surface area contributed by atoms with Gasteiger partial charge < -0.3 is 15.5 Å². The number of nitrogens with one attached hydrogen (secondary N) is 1. The van der Waals surface area contributed by atoms with Crippen LogP contribution < -0.4 is 5.32 Å². The van der Waals surface area contributed by atoms with Gasteiger partial charge in [0.2, 0.25) is 5.91 Å². The largest absolute Gasteiger partial charge is 0.390 e. The molecule has 0 aromatic heterocycles. The second-order valence-corrected chi connectivity index (χ2v) is 4.46. The van der Waals surface area contributed by atoms with Crippen molar-refractivity contribution in [3.05, 3.63) is 35.4 Å². The number of carbonyl (C=O) groups excluding carboxylic acids is 2. The van der Waals surface area contributed by atoms with Gasteiger partial charge in [-0.1, -0.05) is 24.3 Å². The molecule has 0 bridgehead atoms. The van der Waals surface area contributed by atoms with Gasteiger partial charge in [-0.15, -0.1) is 0 Å². The zero-order valence-electron chi connectivity index (χ0n) is 11.1. The highest BCUT2D eigenvalue weighted by Crippen LogP contribution is 2.19. The number of aliphatic hydroxyl groups is 2. The highest BCUT2D eigenvalue weighted by Gasteiger charge is 2.18. The summed E-state index contributed by atoms with van der Waals surface area (Å²) >= 11 is 0. The molecule has 0 aliphatic carbocycles. The Balaban J connectivity index is 2.58. The third kappa shape index (κ3) is 4.81. The van der Waals surface area contributed by atoms with Crippen molar-refractivity contribution in [1.29, 1.82) is 0 Å². The number of ketones is 1. The van der Waals surface area contributed by atoms with Crippen LogP contribution in [0, 0.1) is 0 Å². The molecule has 0 aliphatic rings. The normalized spacial score (nSPS) is 13.7. The molecule has 1 amide bonds. The first kappa shape index (κ1) is 15.3. The molecule has 1 rings (SSSR count). The Morgan fingerprint density at radius 3 is 2.21 bits per heavy atom. The lowest BCUT2D eigenvalue weighted by atomic mass is 10.00. The van der Waals surface area contributed by atoms with Crippen LogP contribution in [0.3, 0.4) is 0 Å². The van der Waals surface area contributed by atoms with Crippen LogP contribution in [0.5, 0.6) is 0 Å². The second kappa shape index (κ2) is 7.01. The topological polar surface area (TPSA) is 86.6 Å². The van der Waals surface area contributed by atoms with E-state index in [2.05, 4.69) is 5.32 Å². The van der Waals surface area contributed by atoms with E-state index in [0.717, 1.165) is 0 Å². The van der Waals surface area contributed by atoms with Crippen molar-refractivity contribution >= 4 is 11.7 Å². The highest BCUT2D eigenvalue weighted by molar-refractivity contribution is 5.94. The zero-order valence-corrected chi connectivity index (χ0v) is 11.1. The minimum absolute atomic E-state index is 0.0488. The van der Waals surface area contributed by atoms with E-state index >= 15 is 0 Å². The van der Waals surface area contributed by atoms with Crippen LogP contribution in [0.4, 0.5) is 0 Å². The maximum absolute atomic E-state index is 11.1. The molecule has 19 heavy (non-hydrogen) atoms. The number of Topliss-reactive ketones (excluding diaryl/α,β-unsaturated/α-hetero) is 1. The molecule has 5 heteroatoms. The number of benzene rings is 1. The Morgan fingerprint density at radius 1 is 1.16 bits per heavy atom. The molecule has 0 heterocycles.